The van der Waals surface area contributed by atoms with Crippen molar-refractivity contribution in [2.24, 2.45) is 11.3 Å². The third kappa shape index (κ3) is 6.42. The summed E-state index contributed by atoms with van der Waals surface area (Å²) in [6.45, 7) is 9.25. The fraction of sp³-hybridized carbons (Fsp3) is 1.00. The van der Waals surface area contributed by atoms with Gasteiger partial charge in [-0.05, 0) is 56.5 Å². The second-order valence-corrected chi connectivity index (χ2v) is 6.75. The molecule has 0 aromatic heterocycles. The molecule has 0 spiro atoms. The van der Waals surface area contributed by atoms with Gasteiger partial charge in [0.2, 0.25) is 0 Å². The molecule has 90 valence electrons. The normalized spacial score (nSPS) is 28.0. The van der Waals surface area contributed by atoms with Crippen LogP contribution < -0.4 is 5.32 Å². The van der Waals surface area contributed by atoms with Crippen LogP contribution in [0.2, 0.25) is 0 Å². The zero-order valence-corrected chi connectivity index (χ0v) is 11.2. The van der Waals surface area contributed by atoms with Gasteiger partial charge in [-0.25, -0.2) is 0 Å². The number of halogens is 1. The Kier molecular flexibility index (Phi) is 5.42. The van der Waals surface area contributed by atoms with E-state index in [-0.39, 0.29) is 0 Å². The first-order valence-corrected chi connectivity index (χ1v) is 6.76. The maximum atomic E-state index is 6.08. The van der Waals surface area contributed by atoms with Crippen LogP contribution in [-0.4, -0.2) is 18.5 Å². The lowest BCUT2D eigenvalue weighted by atomic mass is 9.88. The van der Waals surface area contributed by atoms with E-state index in [2.05, 4.69) is 26.1 Å². The van der Waals surface area contributed by atoms with Gasteiger partial charge in [0.25, 0.3) is 0 Å². The summed E-state index contributed by atoms with van der Waals surface area (Å²) in [4.78, 5) is 0. The Morgan fingerprint density at radius 3 is 2.27 bits per heavy atom. The molecule has 0 atom stereocenters. The van der Waals surface area contributed by atoms with E-state index in [1.54, 1.807) is 0 Å². The van der Waals surface area contributed by atoms with Crippen LogP contribution in [0.15, 0.2) is 0 Å². The zero-order valence-electron chi connectivity index (χ0n) is 10.5. The molecular weight excluding hydrogens is 206 g/mol. The number of nitrogens with one attached hydrogen (secondary N) is 1. The molecule has 15 heavy (non-hydrogen) atoms. The van der Waals surface area contributed by atoms with E-state index < -0.39 is 0 Å². The molecule has 0 heterocycles. The number of rotatable bonds is 4. The average molecular weight is 232 g/mol. The lowest BCUT2D eigenvalue weighted by molar-refractivity contribution is 0.323. The Bertz CT molecular complexity index is 166. The quantitative estimate of drug-likeness (QED) is 0.573. The average Bonchev–Trinajstić information content (AvgIpc) is 2.14. The van der Waals surface area contributed by atoms with Crippen molar-refractivity contribution in [2.45, 2.75) is 58.3 Å². The van der Waals surface area contributed by atoms with Crippen molar-refractivity contribution < 1.29 is 0 Å². The van der Waals surface area contributed by atoms with Crippen molar-refractivity contribution in [3.8, 4) is 0 Å². The monoisotopic (exact) mass is 231 g/mol. The minimum Gasteiger partial charge on any atom is -0.316 e. The van der Waals surface area contributed by atoms with E-state index in [1.807, 2.05) is 0 Å². The highest BCUT2D eigenvalue weighted by atomic mass is 35.5. The molecule has 1 saturated carbocycles. The number of hydrogen-bond acceptors (Lipinski definition) is 1. The molecule has 0 amide bonds. The Balaban J connectivity index is 2.01. The van der Waals surface area contributed by atoms with Gasteiger partial charge in [-0.1, -0.05) is 20.8 Å². The van der Waals surface area contributed by atoms with Crippen LogP contribution in [0, 0.1) is 11.3 Å². The minimum atomic E-state index is 0.454. The van der Waals surface area contributed by atoms with Crippen molar-refractivity contribution in [1.82, 2.24) is 5.32 Å². The minimum absolute atomic E-state index is 0.454. The predicted molar refractivity (Wildman–Crippen MR) is 68.5 cm³/mol. The predicted octanol–water partition coefficient (Wildman–Crippen LogP) is 3.81. The zero-order chi connectivity index (χ0) is 11.3. The molecule has 2 heteroatoms. The van der Waals surface area contributed by atoms with Crippen LogP contribution in [0.5, 0.6) is 0 Å². The summed E-state index contributed by atoms with van der Waals surface area (Å²) in [5.41, 5.74) is 0.459. The molecule has 0 saturated heterocycles. The van der Waals surface area contributed by atoms with E-state index >= 15 is 0 Å². The van der Waals surface area contributed by atoms with Crippen LogP contribution in [0.3, 0.4) is 0 Å². The first-order chi connectivity index (χ1) is 6.97. The molecule has 1 fully saturated rings. The van der Waals surface area contributed by atoms with Crippen molar-refractivity contribution in [3.05, 3.63) is 0 Å². The fourth-order valence-corrected chi connectivity index (χ4v) is 2.35. The second-order valence-electron chi connectivity index (χ2n) is 6.13. The van der Waals surface area contributed by atoms with Crippen LogP contribution >= 0.6 is 11.6 Å². The van der Waals surface area contributed by atoms with Gasteiger partial charge in [0.15, 0.2) is 0 Å². The van der Waals surface area contributed by atoms with Gasteiger partial charge in [0, 0.05) is 5.38 Å². The van der Waals surface area contributed by atoms with E-state index in [9.17, 15) is 0 Å². The summed E-state index contributed by atoms with van der Waals surface area (Å²) >= 11 is 6.08. The van der Waals surface area contributed by atoms with Gasteiger partial charge < -0.3 is 5.32 Å². The fourth-order valence-electron chi connectivity index (χ4n) is 2.10. The van der Waals surface area contributed by atoms with Crippen molar-refractivity contribution >= 4 is 11.6 Å². The van der Waals surface area contributed by atoms with Crippen LogP contribution in [-0.2, 0) is 0 Å². The highest BCUT2D eigenvalue weighted by Gasteiger charge is 2.19. The Hall–Kier alpha value is 0.250. The lowest BCUT2D eigenvalue weighted by Crippen LogP contribution is -2.29. The summed E-state index contributed by atoms with van der Waals surface area (Å²) < 4.78 is 0. The van der Waals surface area contributed by atoms with Gasteiger partial charge in [-0.2, -0.15) is 0 Å². The van der Waals surface area contributed by atoms with E-state index in [0.29, 0.717) is 10.8 Å². The maximum Gasteiger partial charge on any atom is 0.0336 e. The lowest BCUT2D eigenvalue weighted by Gasteiger charge is -2.26. The molecule has 0 aromatic rings. The van der Waals surface area contributed by atoms with Crippen molar-refractivity contribution in [1.29, 1.82) is 0 Å². The van der Waals surface area contributed by atoms with Gasteiger partial charge >= 0.3 is 0 Å². The van der Waals surface area contributed by atoms with E-state index in [1.165, 1.54) is 38.6 Å². The second kappa shape index (κ2) is 6.10. The summed E-state index contributed by atoms with van der Waals surface area (Å²) in [6, 6.07) is 0. The van der Waals surface area contributed by atoms with E-state index in [0.717, 1.165) is 12.5 Å². The summed E-state index contributed by atoms with van der Waals surface area (Å²) in [7, 11) is 0. The molecule has 1 aliphatic rings. The topological polar surface area (TPSA) is 12.0 Å². The van der Waals surface area contributed by atoms with Gasteiger partial charge in [-0.15, -0.1) is 11.6 Å². The summed E-state index contributed by atoms with van der Waals surface area (Å²) in [5.74, 6) is 0.875. The number of hydrogen-bond donors (Lipinski definition) is 1. The standard InChI is InChI=1S/C13H26ClN/c1-13(2,3)8-9-15-10-11-4-6-12(14)7-5-11/h11-12,15H,4-10H2,1-3H3. The molecule has 1 nitrogen and oxygen atoms in total. The SMILES string of the molecule is CC(C)(C)CCNCC1CCC(Cl)CC1. The molecule has 0 unspecified atom stereocenters. The molecule has 0 aliphatic heterocycles. The first-order valence-electron chi connectivity index (χ1n) is 6.32. The van der Waals surface area contributed by atoms with Crippen LogP contribution in [0.1, 0.15) is 52.9 Å². The largest absolute Gasteiger partial charge is 0.316 e. The van der Waals surface area contributed by atoms with Gasteiger partial charge in [0.05, 0.1) is 0 Å². The summed E-state index contributed by atoms with van der Waals surface area (Å²) in [5, 5.41) is 4.04. The number of alkyl halides is 1. The van der Waals surface area contributed by atoms with Crippen LogP contribution in [0.25, 0.3) is 0 Å². The smallest absolute Gasteiger partial charge is 0.0336 e. The Morgan fingerprint density at radius 2 is 1.73 bits per heavy atom. The van der Waals surface area contributed by atoms with Crippen molar-refractivity contribution in [3.63, 3.8) is 0 Å². The molecule has 0 aromatic carbocycles. The Labute approximate surface area is 100.0 Å². The highest BCUT2D eigenvalue weighted by Crippen LogP contribution is 2.27. The maximum absolute atomic E-state index is 6.08. The molecule has 0 radical (unpaired) electrons. The van der Waals surface area contributed by atoms with Crippen molar-refractivity contribution in [2.75, 3.05) is 13.1 Å². The molecule has 1 N–H and O–H groups in total. The molecular formula is C13H26ClN. The van der Waals surface area contributed by atoms with Gasteiger partial charge in [-0.3, -0.25) is 0 Å². The van der Waals surface area contributed by atoms with Gasteiger partial charge in [0.1, 0.15) is 0 Å². The highest BCUT2D eigenvalue weighted by molar-refractivity contribution is 6.20. The summed E-state index contributed by atoms with van der Waals surface area (Å²) in [6.07, 6.45) is 6.32. The molecule has 1 aliphatic carbocycles. The van der Waals surface area contributed by atoms with E-state index in [4.69, 9.17) is 11.6 Å². The Morgan fingerprint density at radius 1 is 1.13 bits per heavy atom. The third-order valence-corrected chi connectivity index (χ3v) is 3.70. The first kappa shape index (κ1) is 13.3. The van der Waals surface area contributed by atoms with Crippen LogP contribution in [0.4, 0.5) is 0 Å². The molecule has 1 rings (SSSR count). The third-order valence-electron chi connectivity index (χ3n) is 3.26. The molecule has 0 bridgehead atoms.